The number of nitrogens with one attached hydrogen (secondary N) is 2. The fourth-order valence-electron chi connectivity index (χ4n) is 2.72. The second-order valence-corrected chi connectivity index (χ2v) is 5.71. The van der Waals surface area contributed by atoms with E-state index in [2.05, 4.69) is 41.8 Å². The van der Waals surface area contributed by atoms with Crippen LogP contribution >= 0.6 is 12.2 Å². The molecule has 0 unspecified atom stereocenters. The van der Waals surface area contributed by atoms with E-state index in [1.807, 2.05) is 0 Å². The zero-order valence-electron chi connectivity index (χ0n) is 11.7. The standard InChI is InChI=1S/C16H24N2S/c1-2-13-9-7-8-12-15(13)18-16(19)17-14-10-5-3-4-6-11-14/h7-9,12,14H,2-6,10-11H2,1H3,(H2,17,18,19). The third-order valence-electron chi connectivity index (χ3n) is 3.84. The number of aryl methyl sites for hydroxylation is 1. The average molecular weight is 276 g/mol. The fraction of sp³-hybridized carbons (Fsp3) is 0.562. The van der Waals surface area contributed by atoms with Gasteiger partial charge in [-0.2, -0.15) is 0 Å². The van der Waals surface area contributed by atoms with Crippen LogP contribution in [0.2, 0.25) is 0 Å². The Kier molecular flexibility index (Phi) is 5.64. The maximum Gasteiger partial charge on any atom is 0.171 e. The Labute approximate surface area is 122 Å². The Hall–Kier alpha value is -1.09. The van der Waals surface area contributed by atoms with Gasteiger partial charge in [-0.25, -0.2) is 0 Å². The lowest BCUT2D eigenvalue weighted by molar-refractivity contribution is 0.535. The minimum absolute atomic E-state index is 0.552. The number of hydrogen-bond donors (Lipinski definition) is 2. The van der Waals surface area contributed by atoms with Crippen molar-refractivity contribution in [1.29, 1.82) is 0 Å². The molecule has 2 N–H and O–H groups in total. The molecular weight excluding hydrogens is 252 g/mol. The van der Waals surface area contributed by atoms with Crippen molar-refractivity contribution in [2.24, 2.45) is 0 Å². The normalized spacial score (nSPS) is 16.7. The molecule has 0 spiro atoms. The average Bonchev–Trinajstić information content (AvgIpc) is 2.68. The van der Waals surface area contributed by atoms with E-state index in [0.29, 0.717) is 6.04 Å². The summed E-state index contributed by atoms with van der Waals surface area (Å²) in [5.41, 5.74) is 2.45. The first-order valence-corrected chi connectivity index (χ1v) is 7.86. The van der Waals surface area contributed by atoms with E-state index in [4.69, 9.17) is 12.2 Å². The van der Waals surface area contributed by atoms with Crippen molar-refractivity contribution in [2.75, 3.05) is 5.32 Å². The van der Waals surface area contributed by atoms with Crippen LogP contribution in [-0.2, 0) is 6.42 Å². The van der Waals surface area contributed by atoms with Crippen LogP contribution in [0.4, 0.5) is 5.69 Å². The Morgan fingerprint density at radius 2 is 1.84 bits per heavy atom. The van der Waals surface area contributed by atoms with Crippen molar-refractivity contribution in [2.45, 2.75) is 57.9 Å². The number of rotatable bonds is 3. The molecule has 0 heterocycles. The maximum absolute atomic E-state index is 5.45. The molecule has 0 aromatic heterocycles. The summed E-state index contributed by atoms with van der Waals surface area (Å²) in [4.78, 5) is 0. The maximum atomic E-state index is 5.45. The molecule has 3 heteroatoms. The molecule has 0 bridgehead atoms. The van der Waals surface area contributed by atoms with Crippen LogP contribution in [0.1, 0.15) is 51.0 Å². The first-order valence-electron chi connectivity index (χ1n) is 7.45. The highest BCUT2D eigenvalue weighted by molar-refractivity contribution is 7.80. The molecule has 0 atom stereocenters. The lowest BCUT2D eigenvalue weighted by Crippen LogP contribution is -2.37. The van der Waals surface area contributed by atoms with Crippen LogP contribution < -0.4 is 10.6 Å². The highest BCUT2D eigenvalue weighted by atomic mass is 32.1. The minimum atomic E-state index is 0.552. The topological polar surface area (TPSA) is 24.1 Å². The first-order chi connectivity index (χ1) is 9.29. The van der Waals surface area contributed by atoms with Gasteiger partial charge in [-0.15, -0.1) is 0 Å². The largest absolute Gasteiger partial charge is 0.360 e. The summed E-state index contributed by atoms with van der Waals surface area (Å²) in [5.74, 6) is 0. The molecule has 19 heavy (non-hydrogen) atoms. The highest BCUT2D eigenvalue weighted by Crippen LogP contribution is 2.18. The van der Waals surface area contributed by atoms with Crippen LogP contribution in [0.25, 0.3) is 0 Å². The number of hydrogen-bond acceptors (Lipinski definition) is 1. The summed E-state index contributed by atoms with van der Waals surface area (Å²) < 4.78 is 0. The van der Waals surface area contributed by atoms with Gasteiger partial charge in [0.1, 0.15) is 0 Å². The predicted molar refractivity (Wildman–Crippen MR) is 86.7 cm³/mol. The Bertz CT molecular complexity index is 409. The van der Waals surface area contributed by atoms with Gasteiger partial charge in [0, 0.05) is 11.7 Å². The van der Waals surface area contributed by atoms with Crippen LogP contribution in [0.5, 0.6) is 0 Å². The van der Waals surface area contributed by atoms with Crippen LogP contribution in [0, 0.1) is 0 Å². The van der Waals surface area contributed by atoms with E-state index in [9.17, 15) is 0 Å². The van der Waals surface area contributed by atoms with E-state index in [1.165, 1.54) is 44.1 Å². The zero-order chi connectivity index (χ0) is 13.5. The summed E-state index contributed by atoms with van der Waals surface area (Å²) in [6, 6.07) is 8.93. The van der Waals surface area contributed by atoms with Crippen molar-refractivity contribution in [1.82, 2.24) is 5.32 Å². The van der Waals surface area contributed by atoms with Crippen molar-refractivity contribution in [3.05, 3.63) is 29.8 Å². The Morgan fingerprint density at radius 1 is 1.16 bits per heavy atom. The van der Waals surface area contributed by atoms with E-state index >= 15 is 0 Å². The molecule has 0 radical (unpaired) electrons. The van der Waals surface area contributed by atoms with Crippen molar-refractivity contribution in [3.8, 4) is 0 Å². The van der Waals surface area contributed by atoms with Crippen LogP contribution in [0.15, 0.2) is 24.3 Å². The van der Waals surface area contributed by atoms with Gasteiger partial charge < -0.3 is 10.6 Å². The molecule has 1 fully saturated rings. The van der Waals surface area contributed by atoms with Gasteiger partial charge in [-0.05, 0) is 43.1 Å². The molecule has 0 saturated heterocycles. The SMILES string of the molecule is CCc1ccccc1NC(=S)NC1CCCCCC1. The van der Waals surface area contributed by atoms with Gasteiger partial charge in [0.15, 0.2) is 5.11 Å². The smallest absolute Gasteiger partial charge is 0.171 e. The van der Waals surface area contributed by atoms with E-state index in [0.717, 1.165) is 17.2 Å². The fourth-order valence-corrected chi connectivity index (χ4v) is 2.99. The number of para-hydroxylation sites is 1. The molecule has 2 nitrogen and oxygen atoms in total. The summed E-state index contributed by atoms with van der Waals surface area (Å²) in [7, 11) is 0. The predicted octanol–water partition coefficient (Wildman–Crippen LogP) is 4.26. The molecule has 104 valence electrons. The third-order valence-corrected chi connectivity index (χ3v) is 4.06. The molecule has 2 rings (SSSR count). The lowest BCUT2D eigenvalue weighted by Gasteiger charge is -2.20. The minimum Gasteiger partial charge on any atom is -0.360 e. The number of thiocarbonyl (C=S) groups is 1. The molecule has 1 aliphatic rings. The second kappa shape index (κ2) is 7.49. The quantitative estimate of drug-likeness (QED) is 0.637. The van der Waals surface area contributed by atoms with Gasteiger partial charge >= 0.3 is 0 Å². The van der Waals surface area contributed by atoms with Gasteiger partial charge in [-0.3, -0.25) is 0 Å². The Morgan fingerprint density at radius 3 is 2.53 bits per heavy atom. The van der Waals surface area contributed by atoms with Crippen molar-refractivity contribution in [3.63, 3.8) is 0 Å². The summed E-state index contributed by atoms with van der Waals surface area (Å²) in [6.45, 7) is 2.17. The van der Waals surface area contributed by atoms with Gasteiger partial charge in [-0.1, -0.05) is 50.8 Å². The summed E-state index contributed by atoms with van der Waals surface area (Å²) in [6.07, 6.45) is 8.91. The summed E-state index contributed by atoms with van der Waals surface area (Å²) >= 11 is 5.45. The molecule has 0 amide bonds. The van der Waals surface area contributed by atoms with Gasteiger partial charge in [0.25, 0.3) is 0 Å². The van der Waals surface area contributed by atoms with Crippen molar-refractivity contribution < 1.29 is 0 Å². The monoisotopic (exact) mass is 276 g/mol. The number of benzene rings is 1. The molecular formula is C16H24N2S. The molecule has 1 aliphatic carbocycles. The molecule has 1 aromatic carbocycles. The van der Waals surface area contributed by atoms with Crippen LogP contribution in [0.3, 0.4) is 0 Å². The second-order valence-electron chi connectivity index (χ2n) is 5.30. The lowest BCUT2D eigenvalue weighted by atomic mass is 10.1. The zero-order valence-corrected chi connectivity index (χ0v) is 12.6. The van der Waals surface area contributed by atoms with Crippen LogP contribution in [-0.4, -0.2) is 11.2 Å². The molecule has 1 aromatic rings. The Balaban J connectivity index is 1.89. The van der Waals surface area contributed by atoms with E-state index < -0.39 is 0 Å². The van der Waals surface area contributed by atoms with Gasteiger partial charge in [0.2, 0.25) is 0 Å². The third kappa shape index (κ3) is 4.50. The first kappa shape index (κ1) is 14.3. The van der Waals surface area contributed by atoms with Gasteiger partial charge in [0.05, 0.1) is 0 Å². The highest BCUT2D eigenvalue weighted by Gasteiger charge is 2.13. The molecule has 1 saturated carbocycles. The van der Waals surface area contributed by atoms with Crippen molar-refractivity contribution >= 4 is 23.0 Å². The van der Waals surface area contributed by atoms with E-state index in [-0.39, 0.29) is 0 Å². The number of anilines is 1. The van der Waals surface area contributed by atoms with E-state index in [1.54, 1.807) is 0 Å². The summed E-state index contributed by atoms with van der Waals surface area (Å²) in [5, 5.41) is 7.60. The molecule has 0 aliphatic heterocycles.